The summed E-state index contributed by atoms with van der Waals surface area (Å²) in [4.78, 5) is 19.7. The van der Waals surface area contributed by atoms with Gasteiger partial charge >= 0.3 is 0 Å². The highest BCUT2D eigenvalue weighted by molar-refractivity contribution is 6.06. The van der Waals surface area contributed by atoms with Crippen LogP contribution in [0.4, 0.5) is 4.39 Å². The molecule has 0 spiro atoms. The molecule has 1 atom stereocenters. The van der Waals surface area contributed by atoms with Gasteiger partial charge in [0.1, 0.15) is 11.6 Å². The third-order valence-electron chi connectivity index (χ3n) is 5.52. The van der Waals surface area contributed by atoms with Crippen LogP contribution in [-0.2, 0) is 0 Å². The van der Waals surface area contributed by atoms with Crippen LogP contribution in [0.15, 0.2) is 48.5 Å². The Morgan fingerprint density at radius 3 is 2.54 bits per heavy atom. The number of amides is 1. The molecule has 4 rings (SSSR count). The predicted molar refractivity (Wildman–Crippen MR) is 107 cm³/mol. The summed E-state index contributed by atoms with van der Waals surface area (Å²) in [6, 6.07) is 13.8. The highest BCUT2D eigenvalue weighted by Gasteiger charge is 2.28. The molecule has 1 aliphatic carbocycles. The number of rotatable bonds is 5. The van der Waals surface area contributed by atoms with Crippen molar-refractivity contribution in [3.63, 3.8) is 0 Å². The van der Waals surface area contributed by atoms with Crippen molar-refractivity contribution < 1.29 is 13.9 Å². The minimum Gasteiger partial charge on any atom is -0.497 e. The molecule has 5 heteroatoms. The Kier molecular flexibility index (Phi) is 4.75. The lowest BCUT2D eigenvalue weighted by molar-refractivity contribution is 0.0744. The molecule has 1 amide bonds. The Morgan fingerprint density at radius 2 is 1.89 bits per heavy atom. The van der Waals surface area contributed by atoms with Gasteiger partial charge in [-0.05, 0) is 61.7 Å². The Hall–Kier alpha value is -2.95. The number of benzene rings is 2. The van der Waals surface area contributed by atoms with Gasteiger partial charge in [-0.25, -0.2) is 4.39 Å². The quantitative estimate of drug-likeness (QED) is 0.621. The van der Waals surface area contributed by atoms with Crippen LogP contribution in [-0.4, -0.2) is 29.9 Å². The van der Waals surface area contributed by atoms with Crippen molar-refractivity contribution in [3.05, 3.63) is 71.2 Å². The molecule has 0 aliphatic heterocycles. The van der Waals surface area contributed by atoms with Crippen LogP contribution >= 0.6 is 0 Å². The summed E-state index contributed by atoms with van der Waals surface area (Å²) in [6.45, 7) is 1.98. The topological polar surface area (TPSA) is 42.4 Å². The van der Waals surface area contributed by atoms with Gasteiger partial charge in [0.2, 0.25) is 0 Å². The van der Waals surface area contributed by atoms with Gasteiger partial charge in [0.15, 0.2) is 0 Å². The first-order valence-electron chi connectivity index (χ1n) is 9.49. The number of nitrogens with zero attached hydrogens (tertiary/aromatic N) is 2. The number of ether oxygens (including phenoxy) is 1. The molecular formula is C23H23FN2O2. The van der Waals surface area contributed by atoms with Crippen LogP contribution in [0.25, 0.3) is 10.9 Å². The number of hydrogen-bond acceptors (Lipinski definition) is 3. The molecule has 1 aromatic heterocycles. The van der Waals surface area contributed by atoms with E-state index in [9.17, 15) is 9.18 Å². The molecule has 144 valence electrons. The molecule has 0 bridgehead atoms. The van der Waals surface area contributed by atoms with E-state index in [1.807, 2.05) is 37.3 Å². The van der Waals surface area contributed by atoms with Gasteiger partial charge in [0, 0.05) is 24.0 Å². The van der Waals surface area contributed by atoms with Crippen molar-refractivity contribution in [2.24, 2.45) is 0 Å². The molecule has 2 aromatic carbocycles. The lowest BCUT2D eigenvalue weighted by Crippen LogP contribution is -2.30. The number of methoxy groups -OCH3 is 1. The number of aromatic nitrogens is 1. The molecule has 1 fully saturated rings. The number of hydrogen-bond donors (Lipinski definition) is 0. The maximum absolute atomic E-state index is 13.9. The van der Waals surface area contributed by atoms with E-state index in [4.69, 9.17) is 4.74 Å². The van der Waals surface area contributed by atoms with E-state index >= 15 is 0 Å². The average Bonchev–Trinajstić information content (AvgIpc) is 3.57. The van der Waals surface area contributed by atoms with Gasteiger partial charge in [0.05, 0.1) is 24.2 Å². The van der Waals surface area contributed by atoms with Crippen LogP contribution < -0.4 is 4.74 Å². The zero-order chi connectivity index (χ0) is 19.8. The second-order valence-corrected chi connectivity index (χ2v) is 7.40. The van der Waals surface area contributed by atoms with Crippen molar-refractivity contribution in [2.45, 2.75) is 31.7 Å². The predicted octanol–water partition coefficient (Wildman–Crippen LogP) is 5.09. The average molecular weight is 378 g/mol. The van der Waals surface area contributed by atoms with Crippen LogP contribution in [0, 0.1) is 5.82 Å². The minimum absolute atomic E-state index is 0.136. The number of carbonyl (C=O) groups excluding carboxylic acids is 1. The number of halogens is 1. The maximum Gasteiger partial charge on any atom is 0.254 e. The van der Waals surface area contributed by atoms with Gasteiger partial charge in [0.25, 0.3) is 5.91 Å². The summed E-state index contributed by atoms with van der Waals surface area (Å²) in [5.41, 5.74) is 3.10. The van der Waals surface area contributed by atoms with Gasteiger partial charge in [-0.3, -0.25) is 9.78 Å². The zero-order valence-corrected chi connectivity index (χ0v) is 16.3. The summed E-state index contributed by atoms with van der Waals surface area (Å²) in [6.07, 6.45) is 2.18. The van der Waals surface area contributed by atoms with Crippen molar-refractivity contribution in [1.82, 2.24) is 9.88 Å². The Labute approximate surface area is 164 Å². The highest BCUT2D eigenvalue weighted by atomic mass is 19.1. The number of carbonyl (C=O) groups is 1. The first-order valence-corrected chi connectivity index (χ1v) is 9.49. The van der Waals surface area contributed by atoms with Crippen LogP contribution in [0.1, 0.15) is 53.3 Å². The third-order valence-corrected chi connectivity index (χ3v) is 5.52. The van der Waals surface area contributed by atoms with E-state index in [0.717, 1.165) is 29.8 Å². The van der Waals surface area contributed by atoms with Gasteiger partial charge in [-0.2, -0.15) is 0 Å². The molecule has 0 radical (unpaired) electrons. The summed E-state index contributed by atoms with van der Waals surface area (Å²) in [5, 5.41) is 0.559. The van der Waals surface area contributed by atoms with Crippen molar-refractivity contribution in [2.75, 3.05) is 14.2 Å². The molecular weight excluding hydrogens is 355 g/mol. The standard InChI is InChI=1S/C23H23FN2O2/c1-14(15-6-9-18(28-3)10-7-15)26(2)23(27)20-13-22(16-4-5-16)25-21-11-8-17(24)12-19(20)21/h6-14,16H,4-5H2,1-3H3. The fourth-order valence-electron chi connectivity index (χ4n) is 3.46. The second-order valence-electron chi connectivity index (χ2n) is 7.40. The Bertz CT molecular complexity index is 1030. The molecule has 1 unspecified atom stereocenters. The third kappa shape index (κ3) is 3.44. The molecule has 1 saturated carbocycles. The SMILES string of the molecule is COc1ccc(C(C)N(C)C(=O)c2cc(C3CC3)nc3ccc(F)cc23)cc1. The van der Waals surface area contributed by atoms with E-state index < -0.39 is 0 Å². The lowest BCUT2D eigenvalue weighted by atomic mass is 10.0. The van der Waals surface area contributed by atoms with E-state index in [2.05, 4.69) is 4.98 Å². The fraction of sp³-hybridized carbons (Fsp3) is 0.304. The number of fused-ring (bicyclic) bond motifs is 1. The van der Waals surface area contributed by atoms with Crippen molar-refractivity contribution in [3.8, 4) is 5.75 Å². The molecule has 0 N–H and O–H groups in total. The zero-order valence-electron chi connectivity index (χ0n) is 16.3. The monoisotopic (exact) mass is 378 g/mol. The molecule has 0 saturated heterocycles. The van der Waals surface area contributed by atoms with Crippen LogP contribution in [0.3, 0.4) is 0 Å². The van der Waals surface area contributed by atoms with Crippen LogP contribution in [0.5, 0.6) is 5.75 Å². The molecule has 3 aromatic rings. The Balaban J connectivity index is 1.71. The van der Waals surface area contributed by atoms with Crippen molar-refractivity contribution >= 4 is 16.8 Å². The van der Waals surface area contributed by atoms with Crippen LogP contribution in [0.2, 0.25) is 0 Å². The number of pyridine rings is 1. The van der Waals surface area contributed by atoms with Gasteiger partial charge in [-0.15, -0.1) is 0 Å². The molecule has 1 heterocycles. The normalized spacial score (nSPS) is 14.7. The summed E-state index contributed by atoms with van der Waals surface area (Å²) >= 11 is 0. The maximum atomic E-state index is 13.9. The summed E-state index contributed by atoms with van der Waals surface area (Å²) in [5.74, 6) is 0.677. The fourth-order valence-corrected chi connectivity index (χ4v) is 3.46. The molecule has 28 heavy (non-hydrogen) atoms. The minimum atomic E-state index is -0.367. The van der Waals surface area contributed by atoms with Gasteiger partial charge < -0.3 is 9.64 Å². The van der Waals surface area contributed by atoms with E-state index in [-0.39, 0.29) is 17.8 Å². The molecule has 4 nitrogen and oxygen atoms in total. The van der Waals surface area contributed by atoms with Gasteiger partial charge in [-0.1, -0.05) is 12.1 Å². The second kappa shape index (κ2) is 7.23. The summed E-state index contributed by atoms with van der Waals surface area (Å²) < 4.78 is 19.1. The molecule has 1 aliphatic rings. The smallest absolute Gasteiger partial charge is 0.254 e. The largest absolute Gasteiger partial charge is 0.497 e. The van der Waals surface area contributed by atoms with E-state index in [1.165, 1.54) is 12.1 Å². The highest BCUT2D eigenvalue weighted by Crippen LogP contribution is 2.40. The summed E-state index contributed by atoms with van der Waals surface area (Å²) in [7, 11) is 3.40. The van der Waals surface area contributed by atoms with E-state index in [0.29, 0.717) is 22.4 Å². The Morgan fingerprint density at radius 1 is 1.18 bits per heavy atom. The first kappa shape index (κ1) is 18.4. The lowest BCUT2D eigenvalue weighted by Gasteiger charge is -2.26. The van der Waals surface area contributed by atoms with E-state index in [1.54, 1.807) is 25.1 Å². The first-order chi connectivity index (χ1) is 13.5. The van der Waals surface area contributed by atoms with Crippen molar-refractivity contribution in [1.29, 1.82) is 0 Å².